The first-order valence-corrected chi connectivity index (χ1v) is 7.96. The van der Waals surface area contributed by atoms with E-state index in [1.165, 1.54) is 6.20 Å². The van der Waals surface area contributed by atoms with Crippen LogP contribution in [-0.2, 0) is 7.05 Å². The van der Waals surface area contributed by atoms with Crippen LogP contribution < -0.4 is 0 Å². The average Bonchev–Trinajstić information content (AvgIpc) is 2.93. The predicted octanol–water partition coefficient (Wildman–Crippen LogP) is 4.66. The summed E-state index contributed by atoms with van der Waals surface area (Å²) in [5.74, 6) is -0.292. The Morgan fingerprint density at radius 2 is 1.88 bits per heavy atom. The van der Waals surface area contributed by atoms with Gasteiger partial charge in [-0.3, -0.25) is 9.97 Å². The number of hydrogen-bond donors (Lipinski definition) is 0. The van der Waals surface area contributed by atoms with Crippen LogP contribution in [0.25, 0.3) is 33.2 Å². The van der Waals surface area contributed by atoms with Gasteiger partial charge in [0.2, 0.25) is 0 Å². The van der Waals surface area contributed by atoms with Crippen molar-refractivity contribution < 1.29 is 4.39 Å². The molecule has 5 heteroatoms. The van der Waals surface area contributed by atoms with Crippen molar-refractivity contribution in [3.63, 3.8) is 0 Å². The maximum absolute atomic E-state index is 13.9. The molecule has 0 bridgehead atoms. The minimum atomic E-state index is -0.292. The summed E-state index contributed by atoms with van der Waals surface area (Å²) in [4.78, 5) is 12.9. The van der Waals surface area contributed by atoms with Gasteiger partial charge in [0.05, 0.1) is 23.6 Å². The lowest BCUT2D eigenvalue weighted by Gasteiger charge is -2.01. The third-order valence-electron chi connectivity index (χ3n) is 4.05. The zero-order chi connectivity index (χ0) is 17.3. The van der Waals surface area contributed by atoms with Crippen molar-refractivity contribution in [2.24, 2.45) is 7.05 Å². The SMILES string of the molecule is CC.Cc1c(F)cnc2c1c1cc(-c3cccnc3)ncc1n2C. The van der Waals surface area contributed by atoms with Crippen LogP contribution >= 0.6 is 0 Å². The highest BCUT2D eigenvalue weighted by molar-refractivity contribution is 6.08. The van der Waals surface area contributed by atoms with Gasteiger partial charge in [-0.05, 0) is 30.7 Å². The molecule has 0 radical (unpaired) electrons. The molecular formula is C19H19FN4. The fourth-order valence-electron chi connectivity index (χ4n) is 2.84. The van der Waals surface area contributed by atoms with Gasteiger partial charge >= 0.3 is 0 Å². The van der Waals surface area contributed by atoms with Crippen molar-refractivity contribution >= 4 is 21.9 Å². The molecule has 4 aromatic heterocycles. The van der Waals surface area contributed by atoms with Crippen molar-refractivity contribution in [3.8, 4) is 11.3 Å². The van der Waals surface area contributed by atoms with Crippen molar-refractivity contribution in [2.75, 3.05) is 0 Å². The lowest BCUT2D eigenvalue weighted by molar-refractivity contribution is 0.615. The Bertz CT molecular complexity index is 1010. The van der Waals surface area contributed by atoms with E-state index in [1.54, 1.807) is 25.5 Å². The summed E-state index contributed by atoms with van der Waals surface area (Å²) in [6.07, 6.45) is 6.57. The monoisotopic (exact) mass is 322 g/mol. The quantitative estimate of drug-likeness (QED) is 0.512. The van der Waals surface area contributed by atoms with Crippen LogP contribution in [0.3, 0.4) is 0 Å². The molecule has 0 N–H and O–H groups in total. The minimum absolute atomic E-state index is 0.292. The van der Waals surface area contributed by atoms with Crippen LogP contribution in [0.1, 0.15) is 19.4 Å². The predicted molar refractivity (Wildman–Crippen MR) is 95.3 cm³/mol. The zero-order valence-corrected chi connectivity index (χ0v) is 14.2. The Balaban J connectivity index is 0.000000815. The van der Waals surface area contributed by atoms with Crippen molar-refractivity contribution in [1.29, 1.82) is 0 Å². The number of aryl methyl sites for hydroxylation is 2. The molecule has 0 unspecified atom stereocenters. The van der Waals surface area contributed by atoms with Crippen molar-refractivity contribution in [1.82, 2.24) is 19.5 Å². The fourth-order valence-corrected chi connectivity index (χ4v) is 2.84. The van der Waals surface area contributed by atoms with Crippen LogP contribution in [0.5, 0.6) is 0 Å². The summed E-state index contributed by atoms with van der Waals surface area (Å²) in [6.45, 7) is 5.78. The number of hydrogen-bond acceptors (Lipinski definition) is 3. The third-order valence-corrected chi connectivity index (χ3v) is 4.05. The van der Waals surface area contributed by atoms with E-state index in [1.807, 2.05) is 43.7 Å². The Morgan fingerprint density at radius 1 is 1.08 bits per heavy atom. The summed E-state index contributed by atoms with van der Waals surface area (Å²) < 4.78 is 15.9. The second-order valence-corrected chi connectivity index (χ2v) is 5.32. The summed E-state index contributed by atoms with van der Waals surface area (Å²) in [5.41, 5.74) is 4.06. The molecule has 0 saturated heterocycles. The molecule has 0 aliphatic carbocycles. The first-order chi connectivity index (χ1) is 11.7. The summed E-state index contributed by atoms with van der Waals surface area (Å²) >= 11 is 0. The van der Waals surface area contributed by atoms with Crippen molar-refractivity contribution in [2.45, 2.75) is 20.8 Å². The molecule has 0 aliphatic heterocycles. The van der Waals surface area contributed by atoms with E-state index in [4.69, 9.17) is 0 Å². The van der Waals surface area contributed by atoms with Crippen LogP contribution in [0.4, 0.5) is 4.39 Å². The fraction of sp³-hybridized carbons (Fsp3) is 0.211. The first-order valence-electron chi connectivity index (χ1n) is 7.96. The molecule has 0 aromatic carbocycles. The van der Waals surface area contributed by atoms with Gasteiger partial charge in [0, 0.05) is 35.8 Å². The van der Waals surface area contributed by atoms with Crippen LogP contribution in [0, 0.1) is 12.7 Å². The van der Waals surface area contributed by atoms with E-state index in [2.05, 4.69) is 15.0 Å². The molecular weight excluding hydrogens is 303 g/mol. The Kier molecular flexibility index (Phi) is 4.25. The van der Waals surface area contributed by atoms with E-state index in [-0.39, 0.29) is 5.82 Å². The summed E-state index contributed by atoms with van der Waals surface area (Å²) in [6, 6.07) is 5.80. The van der Waals surface area contributed by atoms with Crippen molar-refractivity contribution in [3.05, 3.63) is 54.4 Å². The molecule has 4 aromatic rings. The topological polar surface area (TPSA) is 43.6 Å². The molecule has 0 amide bonds. The average molecular weight is 322 g/mol. The van der Waals surface area contributed by atoms with Gasteiger partial charge < -0.3 is 4.57 Å². The molecule has 0 spiro atoms. The van der Waals surface area contributed by atoms with Gasteiger partial charge in [0.25, 0.3) is 0 Å². The lowest BCUT2D eigenvalue weighted by Crippen LogP contribution is -1.92. The number of aromatic nitrogens is 4. The highest BCUT2D eigenvalue weighted by Crippen LogP contribution is 2.32. The largest absolute Gasteiger partial charge is 0.327 e. The van der Waals surface area contributed by atoms with E-state index in [0.29, 0.717) is 5.56 Å². The standard InChI is InChI=1S/C17H13FN4.C2H6/c1-10-13(18)8-21-17-16(10)12-6-14(11-4-3-5-19-7-11)20-9-15(12)22(17)2;1-2/h3-9H,1-2H3;1-2H3. The van der Waals surface area contributed by atoms with E-state index >= 15 is 0 Å². The smallest absolute Gasteiger partial charge is 0.145 e. The Hall–Kier alpha value is -2.82. The Labute approximate surface area is 140 Å². The number of fused-ring (bicyclic) bond motifs is 3. The normalized spacial score (nSPS) is 10.7. The van der Waals surface area contributed by atoms with E-state index in [0.717, 1.165) is 33.2 Å². The summed E-state index contributed by atoms with van der Waals surface area (Å²) in [5, 5.41) is 1.79. The molecule has 122 valence electrons. The van der Waals surface area contributed by atoms with Crippen LogP contribution in [0.2, 0.25) is 0 Å². The molecule has 0 saturated carbocycles. The van der Waals surface area contributed by atoms with E-state index < -0.39 is 0 Å². The third kappa shape index (κ3) is 2.42. The van der Waals surface area contributed by atoms with E-state index in [9.17, 15) is 4.39 Å². The number of rotatable bonds is 1. The van der Waals surface area contributed by atoms with Gasteiger partial charge in [-0.1, -0.05) is 13.8 Å². The van der Waals surface area contributed by atoms with Gasteiger partial charge in [-0.25, -0.2) is 9.37 Å². The molecule has 0 aliphatic rings. The number of halogens is 1. The van der Waals surface area contributed by atoms with Gasteiger partial charge in [-0.2, -0.15) is 0 Å². The maximum Gasteiger partial charge on any atom is 0.145 e. The highest BCUT2D eigenvalue weighted by Gasteiger charge is 2.15. The van der Waals surface area contributed by atoms with Gasteiger partial charge in [-0.15, -0.1) is 0 Å². The minimum Gasteiger partial charge on any atom is -0.327 e. The lowest BCUT2D eigenvalue weighted by atomic mass is 10.1. The Morgan fingerprint density at radius 3 is 2.58 bits per heavy atom. The molecule has 4 nitrogen and oxygen atoms in total. The number of pyridine rings is 3. The van der Waals surface area contributed by atoms with Gasteiger partial charge in [0.1, 0.15) is 11.5 Å². The number of nitrogens with zero attached hydrogens (tertiary/aromatic N) is 4. The van der Waals surface area contributed by atoms with Crippen LogP contribution in [-0.4, -0.2) is 19.5 Å². The second kappa shape index (κ2) is 6.35. The molecule has 24 heavy (non-hydrogen) atoms. The summed E-state index contributed by atoms with van der Waals surface area (Å²) in [7, 11) is 1.92. The maximum atomic E-state index is 13.9. The molecule has 0 fully saturated rings. The zero-order valence-electron chi connectivity index (χ0n) is 14.2. The van der Waals surface area contributed by atoms with Gasteiger partial charge in [0.15, 0.2) is 0 Å². The first kappa shape index (κ1) is 16.1. The molecule has 4 rings (SSSR count). The van der Waals surface area contributed by atoms with Crippen LogP contribution in [0.15, 0.2) is 43.0 Å². The molecule has 0 atom stereocenters. The highest BCUT2D eigenvalue weighted by atomic mass is 19.1. The molecule has 4 heterocycles. The second-order valence-electron chi connectivity index (χ2n) is 5.32.